The molecule has 82 valence electrons. The molecule has 7 nitrogen and oxygen atoms in total. The maximum absolute atomic E-state index is 10.3. The van der Waals surface area contributed by atoms with Crippen molar-refractivity contribution in [2.45, 2.75) is 32.2 Å². The van der Waals surface area contributed by atoms with E-state index in [1.54, 1.807) is 6.92 Å². The van der Waals surface area contributed by atoms with Crippen LogP contribution in [0.1, 0.15) is 26.2 Å². The van der Waals surface area contributed by atoms with Gasteiger partial charge in [-0.1, -0.05) is 13.3 Å². The van der Waals surface area contributed by atoms with Crippen molar-refractivity contribution < 1.29 is 33.1 Å². The molecule has 0 aromatic heterocycles. The van der Waals surface area contributed by atoms with Gasteiger partial charge in [0.1, 0.15) is 0 Å². The molecular formula is C5H12O7P2+2. The first-order valence-corrected chi connectivity index (χ1v) is 6.08. The van der Waals surface area contributed by atoms with Crippen molar-refractivity contribution in [3.63, 3.8) is 0 Å². The first-order chi connectivity index (χ1) is 6.39. The Hall–Kier alpha value is -0.0000000000000000763. The van der Waals surface area contributed by atoms with Crippen molar-refractivity contribution >= 4 is 16.5 Å². The normalized spacial score (nSPS) is 17.4. The SMILES string of the molecule is CCCCC(O)(O[P+](=O)O)O[P+](=O)O. The molecule has 0 saturated heterocycles. The number of unbranched alkanes of at least 4 members (excludes halogenated alkanes) is 1. The zero-order chi connectivity index (χ0) is 11.2. The van der Waals surface area contributed by atoms with E-state index in [0.717, 1.165) is 0 Å². The molecule has 0 bridgehead atoms. The maximum Gasteiger partial charge on any atom is 0.700 e. The Morgan fingerprint density at radius 1 is 1.21 bits per heavy atom. The van der Waals surface area contributed by atoms with Crippen LogP contribution in [0.4, 0.5) is 0 Å². The Balaban J connectivity index is 4.31. The lowest BCUT2D eigenvalue weighted by molar-refractivity contribution is -0.277. The molecular weight excluding hydrogens is 234 g/mol. The van der Waals surface area contributed by atoms with Gasteiger partial charge < -0.3 is 5.11 Å². The summed E-state index contributed by atoms with van der Waals surface area (Å²) in [5.74, 6) is -2.47. The molecule has 0 fully saturated rings. The van der Waals surface area contributed by atoms with E-state index in [1.807, 2.05) is 0 Å². The summed E-state index contributed by atoms with van der Waals surface area (Å²) >= 11 is 0. The third-order valence-electron chi connectivity index (χ3n) is 1.29. The van der Waals surface area contributed by atoms with Crippen LogP contribution in [0.3, 0.4) is 0 Å². The van der Waals surface area contributed by atoms with E-state index < -0.39 is 22.5 Å². The first kappa shape index (κ1) is 14.0. The third kappa shape index (κ3) is 6.45. The predicted octanol–water partition coefficient (Wildman–Crippen LogP) is 1.16. The summed E-state index contributed by atoms with van der Waals surface area (Å²) < 4.78 is 28.7. The molecule has 0 amide bonds. The molecule has 9 heteroatoms. The van der Waals surface area contributed by atoms with Crippen molar-refractivity contribution in [2.24, 2.45) is 0 Å². The maximum atomic E-state index is 10.3. The summed E-state index contributed by atoms with van der Waals surface area (Å²) in [5.41, 5.74) is 0. The van der Waals surface area contributed by atoms with Crippen LogP contribution >= 0.6 is 16.5 Å². The second kappa shape index (κ2) is 6.48. The molecule has 2 atom stereocenters. The van der Waals surface area contributed by atoms with Crippen LogP contribution in [0.5, 0.6) is 0 Å². The van der Waals surface area contributed by atoms with Crippen LogP contribution < -0.4 is 0 Å². The summed E-state index contributed by atoms with van der Waals surface area (Å²) in [6, 6.07) is 0. The highest BCUT2D eigenvalue weighted by Gasteiger charge is 2.47. The molecule has 0 heterocycles. The number of hydrogen-bond donors (Lipinski definition) is 3. The Morgan fingerprint density at radius 2 is 1.64 bits per heavy atom. The van der Waals surface area contributed by atoms with Gasteiger partial charge >= 0.3 is 22.5 Å². The molecule has 0 saturated carbocycles. The van der Waals surface area contributed by atoms with E-state index in [9.17, 15) is 14.2 Å². The van der Waals surface area contributed by atoms with Crippen molar-refractivity contribution in [2.75, 3.05) is 0 Å². The van der Waals surface area contributed by atoms with Crippen LogP contribution in [-0.2, 0) is 18.2 Å². The van der Waals surface area contributed by atoms with Crippen LogP contribution in [0.25, 0.3) is 0 Å². The van der Waals surface area contributed by atoms with Gasteiger partial charge in [0.25, 0.3) is 0 Å². The Morgan fingerprint density at radius 3 is 1.93 bits per heavy atom. The summed E-state index contributed by atoms with van der Waals surface area (Å²) in [7, 11) is -6.20. The summed E-state index contributed by atoms with van der Waals surface area (Å²) in [4.78, 5) is 16.7. The fourth-order valence-corrected chi connectivity index (χ4v) is 1.56. The lowest BCUT2D eigenvalue weighted by atomic mass is 10.2. The molecule has 0 aliphatic carbocycles. The minimum Gasteiger partial charge on any atom is -0.337 e. The Kier molecular flexibility index (Phi) is 6.48. The van der Waals surface area contributed by atoms with Gasteiger partial charge in [-0.25, -0.2) is 0 Å². The Labute approximate surface area is 82.6 Å². The fourth-order valence-electron chi connectivity index (χ4n) is 0.752. The Bertz CT molecular complexity index is 202. The highest BCUT2D eigenvalue weighted by atomic mass is 31.1. The second-order valence-corrected chi connectivity index (χ2v) is 3.79. The standard InChI is InChI=1S/C5H10O7P2/c1-2-3-4-5(6,11-13(7)8)12-14(9)10/h6H,2-4H2,1H3/p+2. The lowest BCUT2D eigenvalue weighted by Crippen LogP contribution is -2.31. The first-order valence-electron chi connectivity index (χ1n) is 3.82. The van der Waals surface area contributed by atoms with Gasteiger partial charge in [-0.05, 0) is 15.5 Å². The van der Waals surface area contributed by atoms with E-state index in [4.69, 9.17) is 9.79 Å². The molecule has 2 unspecified atom stereocenters. The van der Waals surface area contributed by atoms with E-state index in [0.29, 0.717) is 12.8 Å². The molecule has 14 heavy (non-hydrogen) atoms. The lowest BCUT2D eigenvalue weighted by Gasteiger charge is -2.12. The number of rotatable bonds is 7. The second-order valence-electron chi connectivity index (χ2n) is 2.47. The zero-order valence-corrected chi connectivity index (χ0v) is 9.28. The fraction of sp³-hybridized carbons (Fsp3) is 1.00. The van der Waals surface area contributed by atoms with Crippen LogP contribution in [-0.4, -0.2) is 20.9 Å². The van der Waals surface area contributed by atoms with Crippen LogP contribution in [0.2, 0.25) is 0 Å². The predicted molar refractivity (Wildman–Crippen MR) is 46.3 cm³/mol. The van der Waals surface area contributed by atoms with Crippen molar-refractivity contribution in [1.29, 1.82) is 0 Å². The van der Waals surface area contributed by atoms with Gasteiger partial charge in [0.2, 0.25) is 0 Å². The molecule has 0 spiro atoms. The summed E-state index contributed by atoms with van der Waals surface area (Å²) in [5, 5.41) is 9.35. The highest BCUT2D eigenvalue weighted by molar-refractivity contribution is 7.33. The average Bonchev–Trinajstić information content (AvgIpc) is 1.97. The number of hydrogen-bond acceptors (Lipinski definition) is 5. The largest absolute Gasteiger partial charge is 0.700 e. The van der Waals surface area contributed by atoms with Gasteiger partial charge in [0.05, 0.1) is 0 Å². The molecule has 3 N–H and O–H groups in total. The molecule has 0 radical (unpaired) electrons. The monoisotopic (exact) mass is 246 g/mol. The number of aliphatic hydroxyl groups is 1. The molecule has 0 aliphatic rings. The van der Waals surface area contributed by atoms with Crippen molar-refractivity contribution in [3.05, 3.63) is 0 Å². The van der Waals surface area contributed by atoms with Gasteiger partial charge in [-0.2, -0.15) is 0 Å². The summed E-state index contributed by atoms with van der Waals surface area (Å²) in [6.07, 6.45) is 0.926. The molecule has 0 rings (SSSR count). The van der Waals surface area contributed by atoms with Crippen molar-refractivity contribution in [3.8, 4) is 0 Å². The topological polar surface area (TPSA) is 113 Å². The van der Waals surface area contributed by atoms with Gasteiger partial charge in [-0.3, -0.25) is 0 Å². The van der Waals surface area contributed by atoms with E-state index in [1.165, 1.54) is 0 Å². The van der Waals surface area contributed by atoms with Crippen LogP contribution in [0.15, 0.2) is 0 Å². The molecule has 0 aromatic rings. The van der Waals surface area contributed by atoms with Gasteiger partial charge in [0, 0.05) is 15.6 Å². The van der Waals surface area contributed by atoms with E-state index in [-0.39, 0.29) is 6.42 Å². The van der Waals surface area contributed by atoms with Gasteiger partial charge in [-0.15, -0.1) is 9.79 Å². The van der Waals surface area contributed by atoms with Crippen LogP contribution in [0, 0.1) is 0 Å². The third-order valence-corrected chi connectivity index (χ3v) is 2.17. The highest BCUT2D eigenvalue weighted by Crippen LogP contribution is 2.35. The minimum absolute atomic E-state index is 0.160. The quantitative estimate of drug-likeness (QED) is 0.456. The molecule has 0 aromatic carbocycles. The zero-order valence-electron chi connectivity index (χ0n) is 7.49. The van der Waals surface area contributed by atoms with E-state index in [2.05, 4.69) is 9.05 Å². The summed E-state index contributed by atoms with van der Waals surface area (Å²) in [6.45, 7) is 1.80. The van der Waals surface area contributed by atoms with Gasteiger partial charge in [0.15, 0.2) is 0 Å². The smallest absolute Gasteiger partial charge is 0.337 e. The molecule has 0 aliphatic heterocycles. The average molecular weight is 246 g/mol. The van der Waals surface area contributed by atoms with E-state index >= 15 is 0 Å². The van der Waals surface area contributed by atoms with Crippen molar-refractivity contribution in [1.82, 2.24) is 0 Å². The minimum atomic E-state index is -3.10.